The van der Waals surface area contributed by atoms with Crippen LogP contribution in [0.25, 0.3) is 0 Å². The van der Waals surface area contributed by atoms with Gasteiger partial charge in [0.1, 0.15) is 5.82 Å². The summed E-state index contributed by atoms with van der Waals surface area (Å²) in [5.41, 5.74) is 1.87. The smallest absolute Gasteiger partial charge is 0.272 e. The Morgan fingerprint density at radius 2 is 2.05 bits per heavy atom. The molecule has 112 valence electrons. The third-order valence-corrected chi connectivity index (χ3v) is 3.18. The number of aromatic nitrogens is 4. The molecule has 21 heavy (non-hydrogen) atoms. The predicted molar refractivity (Wildman–Crippen MR) is 80.1 cm³/mol. The first-order valence-electron chi connectivity index (χ1n) is 6.87. The minimum Gasteiger partial charge on any atom is -0.385 e. The second-order valence-electron chi connectivity index (χ2n) is 5.12. The average molecular weight is 288 g/mol. The van der Waals surface area contributed by atoms with Crippen LogP contribution in [0.2, 0.25) is 0 Å². The van der Waals surface area contributed by atoms with Crippen molar-refractivity contribution in [3.05, 3.63) is 35.7 Å². The molecule has 0 spiro atoms. The van der Waals surface area contributed by atoms with Crippen LogP contribution >= 0.6 is 0 Å². The van der Waals surface area contributed by atoms with E-state index in [1.165, 1.54) is 0 Å². The topological polar surface area (TPSA) is 95.6 Å². The third-order valence-electron chi connectivity index (χ3n) is 3.18. The summed E-state index contributed by atoms with van der Waals surface area (Å²) >= 11 is 0. The number of nitrogens with zero attached hydrogens (tertiary/aromatic N) is 3. The highest BCUT2D eigenvalue weighted by Crippen LogP contribution is 2.17. The molecule has 7 heteroatoms. The van der Waals surface area contributed by atoms with Gasteiger partial charge in [0.05, 0.1) is 24.1 Å². The second kappa shape index (κ2) is 6.34. The van der Waals surface area contributed by atoms with Crippen LogP contribution in [0.15, 0.2) is 18.6 Å². The van der Waals surface area contributed by atoms with E-state index in [0.29, 0.717) is 17.2 Å². The van der Waals surface area contributed by atoms with Gasteiger partial charge in [-0.15, -0.1) is 0 Å². The fourth-order valence-corrected chi connectivity index (χ4v) is 1.88. The Morgan fingerprint density at radius 1 is 1.29 bits per heavy atom. The number of nitrogens with one attached hydrogen (secondary N) is 3. The van der Waals surface area contributed by atoms with E-state index in [2.05, 4.69) is 30.8 Å². The van der Waals surface area contributed by atoms with Gasteiger partial charge >= 0.3 is 0 Å². The Bertz CT molecular complexity index is 608. The molecule has 0 aliphatic heterocycles. The highest BCUT2D eigenvalue weighted by Gasteiger charge is 2.18. The van der Waals surface area contributed by atoms with Crippen molar-refractivity contribution in [1.29, 1.82) is 0 Å². The second-order valence-corrected chi connectivity index (χ2v) is 5.12. The number of H-pyrrole nitrogens is 1. The maximum atomic E-state index is 12.4. The number of carbonyl (C=O) groups excluding carboxylic acids is 1. The quantitative estimate of drug-likeness (QED) is 0.780. The molecule has 2 aromatic heterocycles. The highest BCUT2D eigenvalue weighted by molar-refractivity contribution is 5.97. The zero-order chi connectivity index (χ0) is 15.4. The lowest BCUT2D eigenvalue weighted by Gasteiger charge is -2.15. The van der Waals surface area contributed by atoms with Gasteiger partial charge in [0, 0.05) is 24.7 Å². The number of hydrogen-bond donors (Lipinski definition) is 3. The fourth-order valence-electron chi connectivity index (χ4n) is 1.88. The molecule has 0 bridgehead atoms. The first-order valence-corrected chi connectivity index (χ1v) is 6.87. The van der Waals surface area contributed by atoms with Gasteiger partial charge in [-0.3, -0.25) is 9.89 Å². The molecule has 1 amide bonds. The molecule has 0 aromatic carbocycles. The number of anilines is 1. The first kappa shape index (κ1) is 15.0. The van der Waals surface area contributed by atoms with Crippen LogP contribution in [-0.2, 0) is 0 Å². The normalized spacial score (nSPS) is 12.2. The number of hydrogen-bond acceptors (Lipinski definition) is 5. The summed E-state index contributed by atoms with van der Waals surface area (Å²) in [5.74, 6) is 0.571. The van der Waals surface area contributed by atoms with E-state index in [4.69, 9.17) is 0 Å². The largest absolute Gasteiger partial charge is 0.385 e. The van der Waals surface area contributed by atoms with Crippen LogP contribution in [0, 0.1) is 0 Å². The minimum atomic E-state index is -0.239. The molecule has 0 aliphatic carbocycles. The van der Waals surface area contributed by atoms with E-state index in [-0.39, 0.29) is 17.9 Å². The zero-order valence-electron chi connectivity index (χ0n) is 12.6. The van der Waals surface area contributed by atoms with Crippen molar-refractivity contribution in [3.8, 4) is 0 Å². The van der Waals surface area contributed by atoms with Gasteiger partial charge in [-0.2, -0.15) is 5.10 Å². The van der Waals surface area contributed by atoms with Crippen LogP contribution in [0.3, 0.4) is 0 Å². The summed E-state index contributed by atoms with van der Waals surface area (Å²) in [6.07, 6.45) is 5.08. The van der Waals surface area contributed by atoms with Crippen molar-refractivity contribution < 1.29 is 4.79 Å². The molecular weight excluding hydrogens is 268 g/mol. The number of carbonyl (C=O) groups is 1. The number of amides is 1. The predicted octanol–water partition coefficient (Wildman–Crippen LogP) is 1.86. The summed E-state index contributed by atoms with van der Waals surface area (Å²) in [5, 5.41) is 12.5. The molecule has 0 aliphatic rings. The Kier molecular flexibility index (Phi) is 4.52. The van der Waals surface area contributed by atoms with E-state index in [1.807, 2.05) is 20.8 Å². The van der Waals surface area contributed by atoms with Gasteiger partial charge in [-0.25, -0.2) is 9.97 Å². The summed E-state index contributed by atoms with van der Waals surface area (Å²) in [6, 6.07) is -0.154. The van der Waals surface area contributed by atoms with E-state index in [9.17, 15) is 4.79 Å². The van der Waals surface area contributed by atoms with E-state index < -0.39 is 0 Å². The summed E-state index contributed by atoms with van der Waals surface area (Å²) < 4.78 is 0. The monoisotopic (exact) mass is 288 g/mol. The van der Waals surface area contributed by atoms with E-state index >= 15 is 0 Å². The summed E-state index contributed by atoms with van der Waals surface area (Å²) in [4.78, 5) is 21.1. The van der Waals surface area contributed by atoms with Crippen molar-refractivity contribution in [1.82, 2.24) is 25.5 Å². The molecule has 2 rings (SSSR count). The molecule has 7 nitrogen and oxygen atoms in total. The first-order chi connectivity index (χ1) is 10.0. The van der Waals surface area contributed by atoms with Crippen LogP contribution in [0.4, 0.5) is 5.69 Å². The van der Waals surface area contributed by atoms with Crippen LogP contribution in [0.1, 0.15) is 54.6 Å². The van der Waals surface area contributed by atoms with Gasteiger partial charge in [0.25, 0.3) is 5.91 Å². The van der Waals surface area contributed by atoms with Crippen LogP contribution < -0.4 is 10.6 Å². The van der Waals surface area contributed by atoms with Crippen molar-refractivity contribution in [2.75, 3.05) is 12.4 Å². The Hall–Kier alpha value is -2.44. The Labute approximate surface area is 123 Å². The van der Waals surface area contributed by atoms with Gasteiger partial charge in [-0.1, -0.05) is 13.8 Å². The SMILES string of the molecule is CNc1cnc(C(C)C)nc1C(=O)NC(C)c1cn[nH]c1. The molecular formula is C14H20N6O. The van der Waals surface area contributed by atoms with E-state index in [1.54, 1.807) is 25.6 Å². The van der Waals surface area contributed by atoms with Gasteiger partial charge < -0.3 is 10.6 Å². The molecule has 0 radical (unpaired) electrons. The molecule has 0 saturated carbocycles. The Morgan fingerprint density at radius 3 is 2.62 bits per heavy atom. The van der Waals surface area contributed by atoms with Gasteiger partial charge in [0.15, 0.2) is 5.69 Å². The lowest BCUT2D eigenvalue weighted by Crippen LogP contribution is -2.28. The maximum absolute atomic E-state index is 12.4. The van der Waals surface area contributed by atoms with Crippen molar-refractivity contribution in [2.24, 2.45) is 0 Å². The molecule has 1 unspecified atom stereocenters. The molecule has 3 N–H and O–H groups in total. The summed E-state index contributed by atoms with van der Waals surface area (Å²) in [7, 11) is 1.74. The zero-order valence-corrected chi connectivity index (χ0v) is 12.6. The van der Waals surface area contributed by atoms with Crippen LogP contribution in [0.5, 0.6) is 0 Å². The maximum Gasteiger partial charge on any atom is 0.272 e. The average Bonchev–Trinajstić information content (AvgIpc) is 3.00. The molecule has 2 aromatic rings. The molecule has 0 saturated heterocycles. The minimum absolute atomic E-state index is 0.154. The highest BCUT2D eigenvalue weighted by atomic mass is 16.2. The van der Waals surface area contributed by atoms with Crippen LogP contribution in [-0.4, -0.2) is 33.1 Å². The summed E-state index contributed by atoms with van der Waals surface area (Å²) in [6.45, 7) is 5.88. The van der Waals surface area contributed by atoms with Crippen molar-refractivity contribution in [3.63, 3.8) is 0 Å². The van der Waals surface area contributed by atoms with Crippen molar-refractivity contribution in [2.45, 2.75) is 32.7 Å². The Balaban J connectivity index is 2.23. The third kappa shape index (κ3) is 3.36. The standard InChI is InChI=1S/C14H20N6O/c1-8(2)13-16-7-11(15-4)12(20-13)14(21)19-9(3)10-5-17-18-6-10/h5-9,15H,1-4H3,(H,17,18)(H,19,21). The number of rotatable bonds is 5. The van der Waals surface area contributed by atoms with E-state index in [0.717, 1.165) is 5.56 Å². The fraction of sp³-hybridized carbons (Fsp3) is 0.429. The number of aromatic amines is 1. The molecule has 0 fully saturated rings. The van der Waals surface area contributed by atoms with Crippen molar-refractivity contribution >= 4 is 11.6 Å². The molecule has 2 heterocycles. The van der Waals surface area contributed by atoms with Gasteiger partial charge in [0.2, 0.25) is 0 Å². The van der Waals surface area contributed by atoms with Gasteiger partial charge in [-0.05, 0) is 6.92 Å². The molecule has 1 atom stereocenters. The lowest BCUT2D eigenvalue weighted by molar-refractivity contribution is 0.0935. The lowest BCUT2D eigenvalue weighted by atomic mass is 10.1.